The van der Waals surface area contributed by atoms with Crippen molar-refractivity contribution < 1.29 is 9.90 Å². The molecule has 2 fully saturated rings. The van der Waals surface area contributed by atoms with Crippen molar-refractivity contribution in [2.75, 3.05) is 13.1 Å². The lowest BCUT2D eigenvalue weighted by Crippen LogP contribution is -2.53. The Labute approximate surface area is 129 Å². The molecule has 1 heterocycles. The van der Waals surface area contributed by atoms with Gasteiger partial charge in [-0.05, 0) is 64.3 Å². The van der Waals surface area contributed by atoms with E-state index in [1.54, 1.807) is 0 Å². The Bertz CT molecular complexity index is 379. The van der Waals surface area contributed by atoms with E-state index in [0.717, 1.165) is 32.4 Å². The molecule has 1 aliphatic carbocycles. The zero-order valence-corrected chi connectivity index (χ0v) is 14.1. The smallest absolute Gasteiger partial charge is 0.323 e. The van der Waals surface area contributed by atoms with E-state index in [1.165, 1.54) is 19.3 Å². The monoisotopic (exact) mass is 296 g/mol. The molecule has 0 aromatic rings. The van der Waals surface area contributed by atoms with Crippen molar-refractivity contribution in [3.8, 4) is 0 Å². The molecule has 2 N–H and O–H groups in total. The summed E-state index contributed by atoms with van der Waals surface area (Å²) in [5.41, 5.74) is -0.234. The molecule has 2 aliphatic rings. The molecule has 1 saturated carbocycles. The Hall–Kier alpha value is -0.610. The van der Waals surface area contributed by atoms with E-state index in [4.69, 9.17) is 0 Å². The highest BCUT2D eigenvalue weighted by Crippen LogP contribution is 2.42. The third kappa shape index (κ3) is 3.26. The average Bonchev–Trinajstić information content (AvgIpc) is 3.03. The van der Waals surface area contributed by atoms with E-state index < -0.39 is 11.5 Å². The van der Waals surface area contributed by atoms with E-state index in [-0.39, 0.29) is 6.04 Å². The van der Waals surface area contributed by atoms with Gasteiger partial charge < -0.3 is 5.11 Å². The number of hydrogen-bond donors (Lipinski definition) is 2. The fourth-order valence-corrected chi connectivity index (χ4v) is 4.38. The summed E-state index contributed by atoms with van der Waals surface area (Å²) in [5, 5.41) is 13.0. The van der Waals surface area contributed by atoms with Crippen LogP contribution < -0.4 is 5.32 Å². The molecule has 2 rings (SSSR count). The van der Waals surface area contributed by atoms with Gasteiger partial charge in [-0.2, -0.15) is 0 Å². The van der Waals surface area contributed by atoms with Crippen LogP contribution in [0.5, 0.6) is 0 Å². The Morgan fingerprint density at radius 1 is 1.33 bits per heavy atom. The molecule has 4 heteroatoms. The predicted octanol–water partition coefficient (Wildman–Crippen LogP) is 2.87. The molecule has 0 radical (unpaired) electrons. The highest BCUT2D eigenvalue weighted by atomic mass is 16.4. The van der Waals surface area contributed by atoms with Crippen LogP contribution in [0.2, 0.25) is 0 Å². The van der Waals surface area contributed by atoms with Gasteiger partial charge in [-0.1, -0.05) is 13.8 Å². The number of carbonyl (C=O) groups is 1. The molecule has 1 aliphatic heterocycles. The van der Waals surface area contributed by atoms with Crippen LogP contribution in [0.25, 0.3) is 0 Å². The number of likely N-dealkylation sites (tertiary alicyclic amines) is 1. The zero-order valence-electron chi connectivity index (χ0n) is 14.1. The van der Waals surface area contributed by atoms with Crippen LogP contribution in [0.4, 0.5) is 0 Å². The zero-order chi connectivity index (χ0) is 15.7. The first-order valence-electron chi connectivity index (χ1n) is 8.61. The Kier molecular flexibility index (Phi) is 4.99. The molecule has 4 nitrogen and oxygen atoms in total. The molecular formula is C17H32N2O2. The molecule has 21 heavy (non-hydrogen) atoms. The van der Waals surface area contributed by atoms with E-state index >= 15 is 0 Å². The quantitative estimate of drug-likeness (QED) is 0.791. The van der Waals surface area contributed by atoms with Gasteiger partial charge in [0, 0.05) is 18.6 Å². The van der Waals surface area contributed by atoms with Gasteiger partial charge in [0.05, 0.1) is 0 Å². The summed E-state index contributed by atoms with van der Waals surface area (Å²) >= 11 is 0. The van der Waals surface area contributed by atoms with Crippen LogP contribution in [0.3, 0.4) is 0 Å². The first kappa shape index (κ1) is 16.8. The summed E-state index contributed by atoms with van der Waals surface area (Å²) in [6.07, 6.45) is 6.27. The van der Waals surface area contributed by atoms with Gasteiger partial charge in [-0.25, -0.2) is 0 Å². The maximum atomic E-state index is 11.8. The van der Waals surface area contributed by atoms with Gasteiger partial charge in [0.15, 0.2) is 0 Å². The van der Waals surface area contributed by atoms with Crippen molar-refractivity contribution in [1.82, 2.24) is 10.2 Å². The van der Waals surface area contributed by atoms with Gasteiger partial charge in [0.2, 0.25) is 0 Å². The van der Waals surface area contributed by atoms with E-state index in [1.807, 2.05) is 13.8 Å². The van der Waals surface area contributed by atoms with Gasteiger partial charge in [-0.15, -0.1) is 0 Å². The Morgan fingerprint density at radius 3 is 2.48 bits per heavy atom. The first-order valence-corrected chi connectivity index (χ1v) is 8.61. The Morgan fingerprint density at radius 2 is 2.00 bits per heavy atom. The number of nitrogens with zero attached hydrogens (tertiary/aromatic N) is 1. The second kappa shape index (κ2) is 6.25. The van der Waals surface area contributed by atoms with E-state index in [0.29, 0.717) is 11.5 Å². The van der Waals surface area contributed by atoms with Crippen molar-refractivity contribution in [3.05, 3.63) is 0 Å². The largest absolute Gasteiger partial charge is 0.480 e. The van der Waals surface area contributed by atoms with Gasteiger partial charge in [0.1, 0.15) is 5.54 Å². The highest BCUT2D eigenvalue weighted by molar-refractivity contribution is 5.79. The van der Waals surface area contributed by atoms with Crippen LogP contribution in [-0.2, 0) is 4.79 Å². The maximum absolute atomic E-state index is 11.8. The molecule has 0 aromatic carbocycles. The molecule has 0 amide bonds. The molecule has 0 spiro atoms. The Balaban J connectivity index is 2.03. The summed E-state index contributed by atoms with van der Waals surface area (Å²) < 4.78 is 0. The summed E-state index contributed by atoms with van der Waals surface area (Å²) in [6, 6.07) is 0.649. The second-order valence-electron chi connectivity index (χ2n) is 7.51. The number of carboxylic acids is 1. The third-order valence-corrected chi connectivity index (χ3v) is 5.95. The summed E-state index contributed by atoms with van der Waals surface area (Å²) in [4.78, 5) is 14.3. The van der Waals surface area contributed by atoms with Gasteiger partial charge >= 0.3 is 5.97 Å². The number of rotatable bonds is 6. The lowest BCUT2D eigenvalue weighted by Gasteiger charge is -2.32. The van der Waals surface area contributed by atoms with Gasteiger partial charge in [-0.3, -0.25) is 15.0 Å². The van der Waals surface area contributed by atoms with Crippen LogP contribution in [0.15, 0.2) is 0 Å². The minimum atomic E-state index is -0.706. The lowest BCUT2D eigenvalue weighted by molar-refractivity contribution is -0.145. The van der Waals surface area contributed by atoms with Crippen LogP contribution in [0.1, 0.15) is 66.2 Å². The van der Waals surface area contributed by atoms with Crippen molar-refractivity contribution in [1.29, 1.82) is 0 Å². The summed E-state index contributed by atoms with van der Waals surface area (Å²) in [5.74, 6) is -0.671. The predicted molar refractivity (Wildman–Crippen MR) is 85.5 cm³/mol. The molecule has 122 valence electrons. The van der Waals surface area contributed by atoms with Crippen molar-refractivity contribution in [2.24, 2.45) is 5.41 Å². The second-order valence-corrected chi connectivity index (χ2v) is 7.51. The van der Waals surface area contributed by atoms with Gasteiger partial charge in [0.25, 0.3) is 0 Å². The molecule has 0 bridgehead atoms. The minimum absolute atomic E-state index is 0.212. The summed E-state index contributed by atoms with van der Waals surface area (Å²) in [6.45, 7) is 11.0. The van der Waals surface area contributed by atoms with Crippen molar-refractivity contribution in [3.63, 3.8) is 0 Å². The summed E-state index contributed by atoms with van der Waals surface area (Å²) in [7, 11) is 0. The molecule has 1 saturated heterocycles. The standard InChI is InChI=1S/C17H32N2O2/c1-5-16(6-2)9-10-19(12-16)14-7-8-17(11-14,15(20)21)18-13(3)4/h13-14,18H,5-12H2,1-4H3,(H,20,21). The highest BCUT2D eigenvalue weighted by Gasteiger charge is 2.49. The fraction of sp³-hybridized carbons (Fsp3) is 0.941. The number of hydrogen-bond acceptors (Lipinski definition) is 3. The minimum Gasteiger partial charge on any atom is -0.480 e. The van der Waals surface area contributed by atoms with Crippen molar-refractivity contribution in [2.45, 2.75) is 83.8 Å². The lowest BCUT2D eigenvalue weighted by atomic mass is 9.82. The third-order valence-electron chi connectivity index (χ3n) is 5.95. The number of carboxylic acid groups (broad SMARTS) is 1. The van der Waals surface area contributed by atoms with Crippen LogP contribution in [-0.4, -0.2) is 46.7 Å². The first-order chi connectivity index (χ1) is 9.86. The fourth-order valence-electron chi connectivity index (χ4n) is 4.38. The normalized spacial score (nSPS) is 32.9. The van der Waals surface area contributed by atoms with E-state index in [2.05, 4.69) is 24.1 Å². The molecule has 2 atom stereocenters. The molecule has 0 aromatic heterocycles. The molecule has 2 unspecified atom stereocenters. The van der Waals surface area contributed by atoms with Crippen molar-refractivity contribution >= 4 is 5.97 Å². The van der Waals surface area contributed by atoms with Crippen LogP contribution in [0, 0.1) is 5.41 Å². The van der Waals surface area contributed by atoms with E-state index in [9.17, 15) is 9.90 Å². The SMILES string of the molecule is CCC1(CC)CCN(C2CCC(NC(C)C)(C(=O)O)C2)C1. The average molecular weight is 296 g/mol. The number of nitrogens with one attached hydrogen (secondary N) is 1. The number of aliphatic carboxylic acids is 1. The topological polar surface area (TPSA) is 52.6 Å². The van der Waals surface area contributed by atoms with Crippen LogP contribution >= 0.6 is 0 Å². The molecular weight excluding hydrogens is 264 g/mol. The maximum Gasteiger partial charge on any atom is 0.323 e.